The Hall–Kier alpha value is -3.00. The molecule has 4 rings (SSSR count). The lowest BCUT2D eigenvalue weighted by Gasteiger charge is -2.34. The number of nitrogens with one attached hydrogen (secondary N) is 1. The van der Waals surface area contributed by atoms with Gasteiger partial charge in [0.05, 0.1) is 4.90 Å². The molecular weight excluding hydrogens is 458 g/mol. The first-order valence-corrected chi connectivity index (χ1v) is 13.6. The molecule has 184 valence electrons. The highest BCUT2D eigenvalue weighted by Crippen LogP contribution is 2.24. The number of hydrogen-bond donors (Lipinski definition) is 1. The zero-order valence-electron chi connectivity index (χ0n) is 20.4. The Bertz CT molecular complexity index is 1250. The lowest BCUT2D eigenvalue weighted by atomic mass is 10.0. The third kappa shape index (κ3) is 5.81. The molecule has 0 radical (unpaired) electrons. The van der Waals surface area contributed by atoms with E-state index in [0.29, 0.717) is 43.2 Å². The minimum absolute atomic E-state index is 0.110. The van der Waals surface area contributed by atoms with Gasteiger partial charge in [-0.25, -0.2) is 8.42 Å². The van der Waals surface area contributed by atoms with Gasteiger partial charge in [0.1, 0.15) is 0 Å². The van der Waals surface area contributed by atoms with E-state index in [2.05, 4.69) is 36.2 Å². The van der Waals surface area contributed by atoms with Crippen molar-refractivity contribution in [3.8, 4) is 0 Å². The summed E-state index contributed by atoms with van der Waals surface area (Å²) in [5.74, 6) is -0.110. The summed E-state index contributed by atoms with van der Waals surface area (Å²) in [6.45, 7) is 7.05. The van der Waals surface area contributed by atoms with Gasteiger partial charge in [0.15, 0.2) is 0 Å². The number of rotatable bonds is 8. The van der Waals surface area contributed by atoms with Crippen molar-refractivity contribution in [1.29, 1.82) is 0 Å². The van der Waals surface area contributed by atoms with Crippen molar-refractivity contribution < 1.29 is 13.2 Å². The van der Waals surface area contributed by atoms with E-state index < -0.39 is 10.0 Å². The van der Waals surface area contributed by atoms with Crippen LogP contribution in [-0.2, 0) is 29.4 Å². The van der Waals surface area contributed by atoms with Gasteiger partial charge in [0, 0.05) is 44.0 Å². The molecule has 0 atom stereocenters. The number of benzene rings is 3. The smallest absolute Gasteiger partial charge is 0.255 e. The lowest BCUT2D eigenvalue weighted by molar-refractivity contribution is 0.102. The third-order valence-electron chi connectivity index (χ3n) is 6.54. The molecule has 1 heterocycles. The average molecular weight is 492 g/mol. The Morgan fingerprint density at radius 2 is 1.46 bits per heavy atom. The maximum absolute atomic E-state index is 13.1. The fraction of sp³-hybridized carbons (Fsp3) is 0.321. The number of nitrogens with zero attached hydrogens (tertiary/aromatic N) is 2. The molecule has 0 bridgehead atoms. The average Bonchev–Trinajstić information content (AvgIpc) is 2.89. The summed E-state index contributed by atoms with van der Waals surface area (Å²) < 4.78 is 27.3. The first-order valence-electron chi connectivity index (χ1n) is 12.2. The van der Waals surface area contributed by atoms with Gasteiger partial charge >= 0.3 is 0 Å². The van der Waals surface area contributed by atoms with Gasteiger partial charge in [-0.05, 0) is 53.8 Å². The van der Waals surface area contributed by atoms with E-state index in [9.17, 15) is 13.2 Å². The number of hydrogen-bond acceptors (Lipinski definition) is 4. The van der Waals surface area contributed by atoms with E-state index in [1.165, 1.54) is 0 Å². The second-order valence-corrected chi connectivity index (χ2v) is 10.7. The first-order chi connectivity index (χ1) is 16.9. The number of carbonyl (C=O) groups excluding carboxylic acids is 1. The summed E-state index contributed by atoms with van der Waals surface area (Å²) in [4.78, 5) is 15.7. The molecule has 1 N–H and O–H groups in total. The van der Waals surface area contributed by atoms with Crippen LogP contribution in [0.2, 0.25) is 0 Å². The standard InChI is InChI=1S/C28H33N3O3S/c1-3-23-11-9-12-24(4-2)27(23)29-28(32)25-13-8-10-22(20-25)21-30-16-18-31(19-17-30)35(33,34)26-14-6-5-7-15-26/h5-15,20H,3-4,16-19,21H2,1-2H3,(H,29,32). The van der Waals surface area contributed by atoms with Crippen LogP contribution in [0.25, 0.3) is 0 Å². The van der Waals surface area contributed by atoms with Crippen molar-refractivity contribution in [3.63, 3.8) is 0 Å². The van der Waals surface area contributed by atoms with Crippen LogP contribution in [0.5, 0.6) is 0 Å². The topological polar surface area (TPSA) is 69.7 Å². The van der Waals surface area contributed by atoms with Gasteiger partial charge in [-0.15, -0.1) is 0 Å². The minimum Gasteiger partial charge on any atom is -0.321 e. The zero-order valence-corrected chi connectivity index (χ0v) is 21.2. The van der Waals surface area contributed by atoms with Crippen LogP contribution >= 0.6 is 0 Å². The van der Waals surface area contributed by atoms with Crippen molar-refractivity contribution >= 4 is 21.6 Å². The van der Waals surface area contributed by atoms with Crippen LogP contribution in [0.3, 0.4) is 0 Å². The number of anilines is 1. The number of carbonyl (C=O) groups is 1. The molecule has 35 heavy (non-hydrogen) atoms. The highest BCUT2D eigenvalue weighted by Gasteiger charge is 2.28. The quantitative estimate of drug-likeness (QED) is 0.501. The molecule has 0 spiro atoms. The van der Waals surface area contributed by atoms with Crippen LogP contribution in [-0.4, -0.2) is 49.7 Å². The maximum atomic E-state index is 13.1. The van der Waals surface area contributed by atoms with Crippen LogP contribution in [0.15, 0.2) is 77.7 Å². The molecule has 3 aromatic carbocycles. The number of aryl methyl sites for hydroxylation is 2. The number of piperazine rings is 1. The monoisotopic (exact) mass is 491 g/mol. The Kier molecular flexibility index (Phi) is 8.00. The second-order valence-electron chi connectivity index (χ2n) is 8.81. The molecular formula is C28H33N3O3S. The molecule has 7 heteroatoms. The summed E-state index contributed by atoms with van der Waals surface area (Å²) in [6.07, 6.45) is 1.71. The molecule has 1 fully saturated rings. The predicted molar refractivity (Wildman–Crippen MR) is 140 cm³/mol. The summed E-state index contributed by atoms with van der Waals surface area (Å²) in [5, 5.41) is 3.14. The van der Waals surface area contributed by atoms with E-state index in [1.54, 1.807) is 28.6 Å². The largest absolute Gasteiger partial charge is 0.321 e. The van der Waals surface area contributed by atoms with Crippen molar-refractivity contribution in [2.24, 2.45) is 0 Å². The van der Waals surface area contributed by atoms with Crippen LogP contribution in [0.1, 0.15) is 40.9 Å². The normalized spacial score (nSPS) is 15.1. The van der Waals surface area contributed by atoms with Crippen LogP contribution in [0, 0.1) is 0 Å². The van der Waals surface area contributed by atoms with Gasteiger partial charge in [0.2, 0.25) is 10.0 Å². The maximum Gasteiger partial charge on any atom is 0.255 e. The summed E-state index contributed by atoms with van der Waals surface area (Å²) in [5.41, 5.74) is 4.86. The Morgan fingerprint density at radius 3 is 2.09 bits per heavy atom. The molecule has 1 aliphatic heterocycles. The summed E-state index contributed by atoms with van der Waals surface area (Å²) >= 11 is 0. The molecule has 6 nitrogen and oxygen atoms in total. The third-order valence-corrected chi connectivity index (χ3v) is 8.46. The Labute approximate surface area is 208 Å². The Morgan fingerprint density at radius 1 is 0.829 bits per heavy atom. The van der Waals surface area contributed by atoms with Crippen molar-refractivity contribution in [1.82, 2.24) is 9.21 Å². The number of para-hydroxylation sites is 1. The molecule has 0 aromatic heterocycles. The van der Waals surface area contributed by atoms with Crippen molar-refractivity contribution in [2.75, 3.05) is 31.5 Å². The molecule has 0 aliphatic carbocycles. The molecule has 0 unspecified atom stereocenters. The summed E-state index contributed by atoms with van der Waals surface area (Å²) in [7, 11) is -3.46. The van der Waals surface area contributed by atoms with Crippen LogP contribution < -0.4 is 5.32 Å². The Balaban J connectivity index is 1.40. The van der Waals surface area contributed by atoms with E-state index in [0.717, 1.165) is 35.2 Å². The SMILES string of the molecule is CCc1cccc(CC)c1NC(=O)c1cccc(CN2CCN(S(=O)(=O)c3ccccc3)CC2)c1. The van der Waals surface area contributed by atoms with E-state index in [-0.39, 0.29) is 5.91 Å². The van der Waals surface area contributed by atoms with Gasteiger partial charge in [-0.1, -0.05) is 62.4 Å². The predicted octanol–water partition coefficient (Wildman–Crippen LogP) is 4.57. The zero-order chi connectivity index (χ0) is 24.8. The lowest BCUT2D eigenvalue weighted by Crippen LogP contribution is -2.48. The van der Waals surface area contributed by atoms with E-state index in [1.807, 2.05) is 36.4 Å². The van der Waals surface area contributed by atoms with E-state index in [4.69, 9.17) is 0 Å². The fourth-order valence-corrected chi connectivity index (χ4v) is 5.97. The number of amides is 1. The molecule has 1 amide bonds. The van der Waals surface area contributed by atoms with Gasteiger partial charge in [-0.2, -0.15) is 4.31 Å². The van der Waals surface area contributed by atoms with E-state index >= 15 is 0 Å². The van der Waals surface area contributed by atoms with Gasteiger partial charge in [0.25, 0.3) is 5.91 Å². The summed E-state index contributed by atoms with van der Waals surface area (Å²) in [6, 6.07) is 22.4. The number of sulfonamides is 1. The van der Waals surface area contributed by atoms with Crippen LogP contribution in [0.4, 0.5) is 5.69 Å². The molecule has 1 aliphatic rings. The van der Waals surface area contributed by atoms with Gasteiger partial charge in [-0.3, -0.25) is 9.69 Å². The minimum atomic E-state index is -3.46. The first kappa shape index (κ1) is 25.1. The second kappa shape index (κ2) is 11.2. The highest BCUT2D eigenvalue weighted by atomic mass is 32.2. The van der Waals surface area contributed by atoms with Gasteiger partial charge < -0.3 is 5.32 Å². The molecule has 0 saturated carbocycles. The molecule has 3 aromatic rings. The molecule has 1 saturated heterocycles. The van der Waals surface area contributed by atoms with Crippen molar-refractivity contribution in [2.45, 2.75) is 38.1 Å². The van der Waals surface area contributed by atoms with Crippen molar-refractivity contribution in [3.05, 3.63) is 95.1 Å². The fourth-order valence-electron chi connectivity index (χ4n) is 4.53. The highest BCUT2D eigenvalue weighted by molar-refractivity contribution is 7.89.